The molecule has 122 valence electrons. The molecule has 2 aromatic rings. The van der Waals surface area contributed by atoms with Crippen LogP contribution in [0, 0.1) is 9.77 Å². The number of imide groups is 1. The molecule has 0 atom stereocenters. The largest absolute Gasteiger partial charge is 0.450 e. The van der Waals surface area contributed by atoms with Crippen LogP contribution >= 0.6 is 35.3 Å². The molecular weight excluding hydrogens is 361 g/mol. The predicted octanol–water partition coefficient (Wildman–Crippen LogP) is 3.17. The van der Waals surface area contributed by atoms with Crippen molar-refractivity contribution in [1.29, 1.82) is 0 Å². The van der Waals surface area contributed by atoms with Crippen LogP contribution in [-0.2, 0) is 9.53 Å². The van der Waals surface area contributed by atoms with Gasteiger partial charge in [-0.25, -0.2) is 13.9 Å². The number of hydrogen-bond acceptors (Lipinski definition) is 7. The van der Waals surface area contributed by atoms with Gasteiger partial charge in [-0.05, 0) is 43.4 Å². The van der Waals surface area contributed by atoms with Gasteiger partial charge in [0, 0.05) is 0 Å². The third-order valence-corrected chi connectivity index (χ3v) is 4.81. The van der Waals surface area contributed by atoms with E-state index in [1.54, 1.807) is 19.1 Å². The number of benzene rings is 1. The molecule has 0 unspecified atom stereocenters. The van der Waals surface area contributed by atoms with Crippen molar-refractivity contribution in [2.45, 2.75) is 11.3 Å². The topological polar surface area (TPSA) is 73.2 Å². The Labute approximate surface area is 144 Å². The molecule has 1 aromatic heterocycles. The lowest BCUT2D eigenvalue weighted by atomic mass is 10.3. The van der Waals surface area contributed by atoms with Gasteiger partial charge in [-0.2, -0.15) is 0 Å². The fourth-order valence-corrected chi connectivity index (χ4v) is 3.67. The summed E-state index contributed by atoms with van der Waals surface area (Å²) < 4.78 is 20.1. The van der Waals surface area contributed by atoms with Crippen molar-refractivity contribution < 1.29 is 18.7 Å². The highest BCUT2D eigenvalue weighted by Gasteiger charge is 2.12. The van der Waals surface area contributed by atoms with Crippen molar-refractivity contribution in [2.24, 2.45) is 0 Å². The van der Waals surface area contributed by atoms with Gasteiger partial charge in [0.2, 0.25) is 5.91 Å². The molecule has 0 bridgehead atoms. The quantitative estimate of drug-likeness (QED) is 0.641. The van der Waals surface area contributed by atoms with Gasteiger partial charge >= 0.3 is 6.09 Å². The van der Waals surface area contributed by atoms with Crippen LogP contribution in [0.1, 0.15) is 6.92 Å². The minimum absolute atomic E-state index is 0.00448. The fraction of sp³-hybridized carbons (Fsp3) is 0.231. The second-order valence-corrected chi connectivity index (χ2v) is 6.92. The number of carbonyl (C=O) groups is 2. The predicted molar refractivity (Wildman–Crippen MR) is 88.1 cm³/mol. The molecule has 0 saturated carbocycles. The van der Waals surface area contributed by atoms with Crippen LogP contribution in [0.25, 0.3) is 5.69 Å². The molecule has 0 spiro atoms. The third kappa shape index (κ3) is 5.12. The number of nitrogens with zero attached hydrogens (tertiary/aromatic N) is 2. The summed E-state index contributed by atoms with van der Waals surface area (Å²) in [6, 6.07) is 5.76. The van der Waals surface area contributed by atoms with Gasteiger partial charge in [0.15, 0.2) is 8.29 Å². The lowest BCUT2D eigenvalue weighted by molar-refractivity contribution is -0.117. The summed E-state index contributed by atoms with van der Waals surface area (Å²) in [6.45, 7) is 1.84. The molecule has 1 aromatic carbocycles. The molecule has 0 aliphatic carbocycles. The van der Waals surface area contributed by atoms with E-state index in [2.05, 4.69) is 15.2 Å². The summed E-state index contributed by atoms with van der Waals surface area (Å²) >= 11 is 7.58. The third-order valence-electron chi connectivity index (χ3n) is 2.44. The molecule has 6 nitrogen and oxygen atoms in total. The Bertz CT molecular complexity index is 758. The van der Waals surface area contributed by atoms with Crippen molar-refractivity contribution in [1.82, 2.24) is 15.1 Å². The molecular formula is C13H12FN3O3S3. The van der Waals surface area contributed by atoms with Crippen molar-refractivity contribution in [2.75, 3.05) is 12.4 Å². The highest BCUT2D eigenvalue weighted by Crippen LogP contribution is 2.23. The van der Waals surface area contributed by atoms with E-state index in [4.69, 9.17) is 12.2 Å². The zero-order valence-corrected chi connectivity index (χ0v) is 14.4. The molecule has 0 radical (unpaired) electrons. The SMILES string of the molecule is CCOC(=O)NC(=O)CSc1nn(-c2ccc(F)cc2)c(=S)s1. The number of rotatable bonds is 5. The molecule has 0 saturated heterocycles. The van der Waals surface area contributed by atoms with Crippen LogP contribution in [0.2, 0.25) is 0 Å². The molecule has 2 rings (SSSR count). The smallest absolute Gasteiger partial charge is 0.413 e. The second-order valence-electron chi connectivity index (χ2n) is 4.08. The number of ether oxygens (including phenoxy) is 1. The number of nitrogens with one attached hydrogen (secondary N) is 1. The molecule has 1 N–H and O–H groups in total. The van der Waals surface area contributed by atoms with E-state index >= 15 is 0 Å². The minimum Gasteiger partial charge on any atom is -0.450 e. The zero-order valence-electron chi connectivity index (χ0n) is 11.9. The molecule has 2 amide bonds. The van der Waals surface area contributed by atoms with Gasteiger partial charge in [-0.15, -0.1) is 5.10 Å². The van der Waals surface area contributed by atoms with E-state index in [-0.39, 0.29) is 18.2 Å². The number of aromatic nitrogens is 2. The van der Waals surface area contributed by atoms with Crippen molar-refractivity contribution in [3.63, 3.8) is 0 Å². The van der Waals surface area contributed by atoms with E-state index in [1.165, 1.54) is 28.2 Å². The number of alkyl carbamates (subject to hydrolysis) is 1. The van der Waals surface area contributed by atoms with E-state index < -0.39 is 12.0 Å². The van der Waals surface area contributed by atoms with Crippen LogP contribution in [0.3, 0.4) is 0 Å². The summed E-state index contributed by atoms with van der Waals surface area (Å²) in [4.78, 5) is 22.7. The first-order chi connectivity index (χ1) is 11.0. The maximum Gasteiger partial charge on any atom is 0.413 e. The van der Waals surface area contributed by atoms with E-state index in [0.717, 1.165) is 11.8 Å². The molecule has 0 aliphatic heterocycles. The molecule has 0 aliphatic rings. The Morgan fingerprint density at radius 2 is 2.13 bits per heavy atom. The standard InChI is InChI=1S/C13H12FN3O3S3/c1-2-20-11(19)15-10(18)7-22-12-16-17(13(21)23-12)9-5-3-8(14)4-6-9/h3-6H,2,7H2,1H3,(H,15,18,19). The van der Waals surface area contributed by atoms with E-state index in [9.17, 15) is 14.0 Å². The van der Waals surface area contributed by atoms with E-state index in [0.29, 0.717) is 14.0 Å². The second kappa shape index (κ2) is 8.18. The lowest BCUT2D eigenvalue weighted by Crippen LogP contribution is -2.32. The first kappa shape index (κ1) is 17.6. The Morgan fingerprint density at radius 3 is 2.78 bits per heavy atom. The van der Waals surface area contributed by atoms with Crippen LogP contribution in [0.4, 0.5) is 9.18 Å². The molecule has 1 heterocycles. The maximum atomic E-state index is 12.9. The average molecular weight is 373 g/mol. The van der Waals surface area contributed by atoms with Crippen LogP contribution in [0.15, 0.2) is 28.6 Å². The van der Waals surface area contributed by atoms with Crippen molar-refractivity contribution in [3.05, 3.63) is 34.0 Å². The number of amides is 2. The number of thioether (sulfide) groups is 1. The number of halogens is 1. The Morgan fingerprint density at radius 1 is 1.43 bits per heavy atom. The van der Waals surface area contributed by atoms with Gasteiger partial charge in [0.1, 0.15) is 5.82 Å². The van der Waals surface area contributed by atoms with Gasteiger partial charge in [0.25, 0.3) is 0 Å². The zero-order chi connectivity index (χ0) is 16.8. The van der Waals surface area contributed by atoms with Crippen molar-refractivity contribution in [3.8, 4) is 5.69 Å². The fourth-order valence-electron chi connectivity index (χ4n) is 1.51. The van der Waals surface area contributed by atoms with Crippen LogP contribution in [0.5, 0.6) is 0 Å². The molecule has 23 heavy (non-hydrogen) atoms. The Kier molecular flexibility index (Phi) is 6.25. The number of hydrogen-bond donors (Lipinski definition) is 1. The summed E-state index contributed by atoms with van der Waals surface area (Å²) in [5.74, 6) is -0.825. The highest BCUT2D eigenvalue weighted by molar-refractivity contribution is 8.01. The van der Waals surface area contributed by atoms with Crippen molar-refractivity contribution >= 4 is 47.3 Å². The van der Waals surface area contributed by atoms with Gasteiger partial charge < -0.3 is 4.74 Å². The summed E-state index contributed by atoms with van der Waals surface area (Å²) in [5.41, 5.74) is 0.635. The maximum absolute atomic E-state index is 12.9. The average Bonchev–Trinajstić information content (AvgIpc) is 2.87. The molecule has 10 heteroatoms. The summed E-state index contributed by atoms with van der Waals surface area (Å²) in [5, 5.41) is 6.36. The lowest BCUT2D eigenvalue weighted by Gasteiger charge is -2.02. The normalized spacial score (nSPS) is 10.3. The van der Waals surface area contributed by atoms with Gasteiger partial charge in [-0.1, -0.05) is 23.1 Å². The number of carbonyl (C=O) groups excluding carboxylic acids is 2. The van der Waals surface area contributed by atoms with Gasteiger partial charge in [0.05, 0.1) is 18.0 Å². The van der Waals surface area contributed by atoms with Crippen LogP contribution in [-0.4, -0.2) is 34.1 Å². The van der Waals surface area contributed by atoms with E-state index in [1.807, 2.05) is 0 Å². The first-order valence-corrected chi connectivity index (χ1v) is 8.66. The first-order valence-electron chi connectivity index (χ1n) is 6.45. The highest BCUT2D eigenvalue weighted by atomic mass is 32.2. The summed E-state index contributed by atoms with van der Waals surface area (Å²) in [6.07, 6.45) is -0.775. The van der Waals surface area contributed by atoms with Gasteiger partial charge in [-0.3, -0.25) is 10.1 Å². The Hall–Kier alpha value is -1.78. The Balaban J connectivity index is 1.99. The summed E-state index contributed by atoms with van der Waals surface area (Å²) in [7, 11) is 0. The monoisotopic (exact) mass is 373 g/mol. The molecule has 0 fully saturated rings. The van der Waals surface area contributed by atoms with Crippen LogP contribution < -0.4 is 5.32 Å². The minimum atomic E-state index is -0.775.